The number of aromatic nitrogens is 3. The lowest BCUT2D eigenvalue weighted by atomic mass is 10.0. The maximum atomic E-state index is 10.8. The normalized spacial score (nSPS) is 23.3. The molecular formula is C27H30N4OS. The number of rotatable bonds is 5. The van der Waals surface area contributed by atoms with Gasteiger partial charge in [0.25, 0.3) is 0 Å². The highest BCUT2D eigenvalue weighted by molar-refractivity contribution is 7.11. The Morgan fingerprint density at radius 3 is 2.82 bits per heavy atom. The molecule has 1 aliphatic heterocycles. The van der Waals surface area contributed by atoms with Gasteiger partial charge in [0.05, 0.1) is 33.8 Å². The van der Waals surface area contributed by atoms with Crippen LogP contribution in [0, 0.1) is 6.92 Å². The third kappa shape index (κ3) is 3.80. The highest BCUT2D eigenvalue weighted by Crippen LogP contribution is 2.40. The number of hydrogen-bond acceptors (Lipinski definition) is 5. The van der Waals surface area contributed by atoms with Gasteiger partial charge in [-0.2, -0.15) is 0 Å². The first kappa shape index (κ1) is 21.0. The molecule has 1 saturated heterocycles. The fourth-order valence-electron chi connectivity index (χ4n) is 5.73. The van der Waals surface area contributed by atoms with Gasteiger partial charge in [-0.1, -0.05) is 36.4 Å². The van der Waals surface area contributed by atoms with E-state index in [1.807, 2.05) is 41.7 Å². The lowest BCUT2D eigenvalue weighted by Crippen LogP contribution is -2.35. The van der Waals surface area contributed by atoms with Crippen molar-refractivity contribution in [2.75, 3.05) is 0 Å². The van der Waals surface area contributed by atoms with Crippen molar-refractivity contribution in [1.82, 2.24) is 19.9 Å². The molecule has 4 aromatic rings. The summed E-state index contributed by atoms with van der Waals surface area (Å²) in [6.45, 7) is 2.10. The minimum atomic E-state index is -0.456. The van der Waals surface area contributed by atoms with E-state index in [2.05, 4.69) is 42.1 Å². The smallest absolute Gasteiger partial charge is 0.118 e. The van der Waals surface area contributed by atoms with E-state index in [0.29, 0.717) is 12.0 Å². The molecule has 6 heteroatoms. The zero-order chi connectivity index (χ0) is 22.5. The van der Waals surface area contributed by atoms with Gasteiger partial charge >= 0.3 is 0 Å². The van der Waals surface area contributed by atoms with Gasteiger partial charge in [0, 0.05) is 24.0 Å². The summed E-state index contributed by atoms with van der Waals surface area (Å²) in [4.78, 5) is 11.3. The zero-order valence-electron chi connectivity index (χ0n) is 19.2. The maximum absolute atomic E-state index is 10.8. The fourth-order valence-corrected chi connectivity index (χ4v) is 6.74. The predicted octanol–water partition coefficient (Wildman–Crippen LogP) is 4.81. The molecule has 0 radical (unpaired) electrons. The summed E-state index contributed by atoms with van der Waals surface area (Å²) in [6.07, 6.45) is 4.79. The second-order valence-electron chi connectivity index (χ2n) is 9.59. The molecule has 5 nitrogen and oxygen atoms in total. The highest BCUT2D eigenvalue weighted by atomic mass is 32.1. The Kier molecular flexibility index (Phi) is 5.32. The molecule has 2 aliphatic rings. The second-order valence-corrected chi connectivity index (χ2v) is 10.9. The Hall–Kier alpha value is -2.54. The molecule has 3 heterocycles. The summed E-state index contributed by atoms with van der Waals surface area (Å²) >= 11 is 1.84. The number of imidazole rings is 1. The molecule has 170 valence electrons. The number of thiazole rings is 1. The van der Waals surface area contributed by atoms with Gasteiger partial charge in [-0.05, 0) is 62.3 Å². The van der Waals surface area contributed by atoms with Gasteiger partial charge < -0.3 is 15.0 Å². The van der Waals surface area contributed by atoms with Gasteiger partial charge in [0.2, 0.25) is 0 Å². The van der Waals surface area contributed by atoms with Crippen LogP contribution in [0.5, 0.6) is 0 Å². The van der Waals surface area contributed by atoms with Crippen LogP contribution in [0.1, 0.15) is 63.8 Å². The molecule has 4 atom stereocenters. The number of nitrogens with one attached hydrogen (secondary N) is 1. The monoisotopic (exact) mass is 458 g/mol. The summed E-state index contributed by atoms with van der Waals surface area (Å²) in [5.41, 5.74) is 5.80. The van der Waals surface area contributed by atoms with Crippen LogP contribution in [0.3, 0.4) is 0 Å². The third-order valence-electron chi connectivity index (χ3n) is 7.40. The van der Waals surface area contributed by atoms with Crippen LogP contribution in [0.25, 0.3) is 11.0 Å². The Balaban J connectivity index is 1.19. The van der Waals surface area contributed by atoms with Crippen molar-refractivity contribution in [3.05, 3.63) is 81.1 Å². The molecule has 2 N–H and O–H groups in total. The lowest BCUT2D eigenvalue weighted by Gasteiger charge is -2.20. The SMILES string of the molecule is Cc1nc2c(s1)CCC2c1nc2cc(C[C@@H]3CCC([C@H](O)c4ccccc4)N3)ccc2n1C. The molecule has 1 fully saturated rings. The van der Waals surface area contributed by atoms with Crippen LogP contribution in [0.15, 0.2) is 48.5 Å². The molecular weight excluding hydrogens is 428 g/mol. The van der Waals surface area contributed by atoms with Crippen molar-refractivity contribution in [2.24, 2.45) is 7.05 Å². The van der Waals surface area contributed by atoms with Crippen molar-refractivity contribution >= 4 is 22.4 Å². The minimum absolute atomic E-state index is 0.112. The molecule has 6 rings (SSSR count). The molecule has 0 bridgehead atoms. The number of benzene rings is 2. The summed E-state index contributed by atoms with van der Waals surface area (Å²) in [7, 11) is 2.13. The average molecular weight is 459 g/mol. The van der Waals surface area contributed by atoms with Crippen LogP contribution in [0.2, 0.25) is 0 Å². The molecule has 0 spiro atoms. The summed E-state index contributed by atoms with van der Waals surface area (Å²) in [5.74, 6) is 1.44. The number of aryl methyl sites for hydroxylation is 3. The summed E-state index contributed by atoms with van der Waals surface area (Å²) < 4.78 is 2.26. The minimum Gasteiger partial charge on any atom is -0.387 e. The van der Waals surface area contributed by atoms with Crippen molar-refractivity contribution in [3.63, 3.8) is 0 Å². The van der Waals surface area contributed by atoms with Crippen LogP contribution in [-0.4, -0.2) is 31.7 Å². The topological polar surface area (TPSA) is 63.0 Å². The Morgan fingerprint density at radius 1 is 1.12 bits per heavy atom. The first-order chi connectivity index (χ1) is 16.1. The highest BCUT2D eigenvalue weighted by Gasteiger charge is 2.32. The van der Waals surface area contributed by atoms with Crippen molar-refractivity contribution in [1.29, 1.82) is 0 Å². The number of nitrogens with zero attached hydrogens (tertiary/aromatic N) is 3. The van der Waals surface area contributed by atoms with Crippen LogP contribution in [0.4, 0.5) is 0 Å². The molecule has 2 aromatic carbocycles. The fraction of sp³-hybridized carbons (Fsp3) is 0.407. The van der Waals surface area contributed by atoms with Crippen molar-refractivity contribution in [2.45, 2.75) is 63.1 Å². The number of fused-ring (bicyclic) bond motifs is 2. The quantitative estimate of drug-likeness (QED) is 0.450. The standard InChI is InChI=1S/C27H30N4OS/c1-16-28-25-20(10-13-24(25)33-16)27-30-22-15-17(8-12-23(22)31(27)2)14-19-9-11-21(29-19)26(32)18-6-4-3-5-7-18/h3-8,12,15,19-21,26,29,32H,9-11,13-14H2,1-2H3/t19-,20?,21?,26+/m0/s1. The Morgan fingerprint density at radius 2 is 1.97 bits per heavy atom. The molecule has 1 aliphatic carbocycles. The van der Waals surface area contributed by atoms with E-state index in [0.717, 1.165) is 54.0 Å². The van der Waals surface area contributed by atoms with Gasteiger partial charge in [-0.25, -0.2) is 9.97 Å². The molecule has 2 aromatic heterocycles. The summed E-state index contributed by atoms with van der Waals surface area (Å²) in [5, 5.41) is 15.6. The lowest BCUT2D eigenvalue weighted by molar-refractivity contribution is 0.135. The third-order valence-corrected chi connectivity index (χ3v) is 8.44. The summed E-state index contributed by atoms with van der Waals surface area (Å²) in [6, 6.07) is 17.2. The first-order valence-electron chi connectivity index (χ1n) is 12.0. The van der Waals surface area contributed by atoms with Gasteiger partial charge in [-0.15, -0.1) is 11.3 Å². The number of aliphatic hydroxyl groups excluding tert-OH is 1. The molecule has 0 amide bonds. The van der Waals surface area contributed by atoms with Crippen LogP contribution >= 0.6 is 11.3 Å². The van der Waals surface area contributed by atoms with E-state index in [-0.39, 0.29) is 6.04 Å². The van der Waals surface area contributed by atoms with E-state index >= 15 is 0 Å². The number of hydrogen-bond donors (Lipinski definition) is 2. The van der Waals surface area contributed by atoms with E-state index in [9.17, 15) is 5.11 Å². The first-order valence-corrected chi connectivity index (χ1v) is 12.8. The van der Waals surface area contributed by atoms with Crippen molar-refractivity contribution < 1.29 is 5.11 Å². The van der Waals surface area contributed by atoms with E-state index in [1.165, 1.54) is 21.7 Å². The van der Waals surface area contributed by atoms with E-state index in [4.69, 9.17) is 9.97 Å². The molecule has 2 unspecified atom stereocenters. The van der Waals surface area contributed by atoms with E-state index in [1.54, 1.807) is 0 Å². The predicted molar refractivity (Wildman–Crippen MR) is 133 cm³/mol. The Bertz CT molecular complexity index is 1290. The van der Waals surface area contributed by atoms with Crippen molar-refractivity contribution in [3.8, 4) is 0 Å². The molecule has 0 saturated carbocycles. The van der Waals surface area contributed by atoms with Gasteiger partial charge in [0.15, 0.2) is 0 Å². The van der Waals surface area contributed by atoms with E-state index < -0.39 is 6.10 Å². The second kappa shape index (κ2) is 8.35. The average Bonchev–Trinajstić information content (AvgIpc) is 3.58. The van der Waals surface area contributed by atoms with Gasteiger partial charge in [0.1, 0.15) is 5.82 Å². The number of aliphatic hydroxyl groups is 1. The van der Waals surface area contributed by atoms with Crippen LogP contribution in [-0.2, 0) is 19.9 Å². The Labute approximate surface area is 198 Å². The molecule has 33 heavy (non-hydrogen) atoms. The zero-order valence-corrected chi connectivity index (χ0v) is 20.0. The largest absolute Gasteiger partial charge is 0.387 e. The van der Waals surface area contributed by atoms with Gasteiger partial charge in [-0.3, -0.25) is 0 Å². The van der Waals surface area contributed by atoms with Crippen LogP contribution < -0.4 is 5.32 Å². The maximum Gasteiger partial charge on any atom is 0.118 e.